The Bertz CT molecular complexity index is 795. The highest BCUT2D eigenvalue weighted by Gasteiger charge is 2.26. The second-order valence-corrected chi connectivity index (χ2v) is 7.21. The topological polar surface area (TPSA) is 49.4 Å². The zero-order valence-electron chi connectivity index (χ0n) is 16.3. The van der Waals surface area contributed by atoms with Crippen molar-refractivity contribution in [1.29, 1.82) is 0 Å². The second kappa shape index (κ2) is 10.8. The van der Waals surface area contributed by atoms with Crippen molar-refractivity contribution in [3.8, 4) is 0 Å². The Labute approximate surface area is 170 Å². The average Bonchev–Trinajstić information content (AvgIpc) is 2.67. The number of nitrogens with zero attached hydrogens (tertiary/aromatic N) is 1. The summed E-state index contributed by atoms with van der Waals surface area (Å²) in [5.41, 5.74) is 1.54. The molecule has 0 radical (unpaired) electrons. The maximum absolute atomic E-state index is 13.1. The highest BCUT2D eigenvalue weighted by Crippen LogP contribution is 2.16. The van der Waals surface area contributed by atoms with Crippen LogP contribution in [0.3, 0.4) is 0 Å². The summed E-state index contributed by atoms with van der Waals surface area (Å²) in [5, 5.41) is 3.45. The zero-order chi connectivity index (χ0) is 20.5. The molecule has 1 unspecified atom stereocenters. The Morgan fingerprint density at radius 1 is 1.14 bits per heavy atom. The molecule has 2 aromatic carbocycles. The van der Waals surface area contributed by atoms with Gasteiger partial charge < -0.3 is 10.2 Å². The van der Waals surface area contributed by atoms with Gasteiger partial charge in [-0.3, -0.25) is 9.59 Å². The summed E-state index contributed by atoms with van der Waals surface area (Å²) in [6.07, 6.45) is 1.95. The minimum absolute atomic E-state index is 0.0907. The molecule has 6 heteroatoms. The summed E-state index contributed by atoms with van der Waals surface area (Å²) < 4.78 is 13.1. The van der Waals surface area contributed by atoms with Gasteiger partial charge in [0.05, 0.1) is 6.42 Å². The molecule has 0 saturated heterocycles. The van der Waals surface area contributed by atoms with Gasteiger partial charge in [0.15, 0.2) is 0 Å². The maximum atomic E-state index is 13.1. The lowest BCUT2D eigenvalue weighted by molar-refractivity contribution is -0.140. The highest BCUT2D eigenvalue weighted by molar-refractivity contribution is 6.30. The standard InChI is InChI=1S/C22H26ClFN2O2/c1-3-4-12-25-22(28)16(2)26(15-18-6-5-7-19(23)13-18)21(27)14-17-8-10-20(24)11-9-17/h5-11,13,16H,3-4,12,14-15H2,1-2H3,(H,25,28). The SMILES string of the molecule is CCCCNC(=O)C(C)N(Cc1cccc(Cl)c1)C(=O)Cc1ccc(F)cc1. The fourth-order valence-electron chi connectivity index (χ4n) is 2.83. The second-order valence-electron chi connectivity index (χ2n) is 6.78. The summed E-state index contributed by atoms with van der Waals surface area (Å²) in [4.78, 5) is 27.1. The van der Waals surface area contributed by atoms with Crippen molar-refractivity contribution in [2.24, 2.45) is 0 Å². The van der Waals surface area contributed by atoms with Crippen molar-refractivity contribution < 1.29 is 14.0 Å². The predicted molar refractivity (Wildman–Crippen MR) is 109 cm³/mol. The molecule has 0 aromatic heterocycles. The minimum atomic E-state index is -0.635. The average molecular weight is 405 g/mol. The van der Waals surface area contributed by atoms with E-state index in [4.69, 9.17) is 11.6 Å². The molecule has 0 saturated carbocycles. The molecule has 4 nitrogen and oxygen atoms in total. The molecular formula is C22H26ClFN2O2. The molecular weight excluding hydrogens is 379 g/mol. The van der Waals surface area contributed by atoms with Crippen LogP contribution < -0.4 is 5.32 Å². The number of benzene rings is 2. The van der Waals surface area contributed by atoms with Crippen LogP contribution in [0.5, 0.6) is 0 Å². The normalized spacial score (nSPS) is 11.7. The monoisotopic (exact) mass is 404 g/mol. The first kappa shape index (κ1) is 21.9. The molecule has 0 aliphatic rings. The van der Waals surface area contributed by atoms with Crippen LogP contribution in [-0.4, -0.2) is 29.3 Å². The smallest absolute Gasteiger partial charge is 0.242 e. The zero-order valence-corrected chi connectivity index (χ0v) is 17.0. The van der Waals surface area contributed by atoms with E-state index in [9.17, 15) is 14.0 Å². The molecule has 150 valence electrons. The third kappa shape index (κ3) is 6.64. The van der Waals surface area contributed by atoms with Crippen molar-refractivity contribution in [3.05, 3.63) is 70.5 Å². The van der Waals surface area contributed by atoms with E-state index in [0.717, 1.165) is 18.4 Å². The summed E-state index contributed by atoms with van der Waals surface area (Å²) in [7, 11) is 0. The highest BCUT2D eigenvalue weighted by atomic mass is 35.5. The largest absolute Gasteiger partial charge is 0.354 e. The van der Waals surface area contributed by atoms with Crippen molar-refractivity contribution in [2.45, 2.75) is 45.7 Å². The van der Waals surface area contributed by atoms with Crippen molar-refractivity contribution in [3.63, 3.8) is 0 Å². The van der Waals surface area contributed by atoms with Crippen LogP contribution in [0.2, 0.25) is 5.02 Å². The first-order valence-corrected chi connectivity index (χ1v) is 9.84. The minimum Gasteiger partial charge on any atom is -0.354 e. The lowest BCUT2D eigenvalue weighted by Gasteiger charge is -2.29. The van der Waals surface area contributed by atoms with Gasteiger partial charge in [-0.05, 0) is 48.7 Å². The van der Waals surface area contributed by atoms with E-state index < -0.39 is 6.04 Å². The molecule has 0 aliphatic carbocycles. The molecule has 2 amide bonds. The summed E-state index contributed by atoms with van der Waals surface area (Å²) in [6, 6.07) is 12.4. The first-order valence-electron chi connectivity index (χ1n) is 9.46. The molecule has 0 fully saturated rings. The molecule has 2 aromatic rings. The van der Waals surface area contributed by atoms with E-state index >= 15 is 0 Å². The van der Waals surface area contributed by atoms with Crippen molar-refractivity contribution in [1.82, 2.24) is 10.2 Å². The van der Waals surface area contributed by atoms with Gasteiger partial charge in [0.1, 0.15) is 11.9 Å². The van der Waals surface area contributed by atoms with Crippen molar-refractivity contribution in [2.75, 3.05) is 6.54 Å². The van der Waals surface area contributed by atoms with Gasteiger partial charge >= 0.3 is 0 Å². The van der Waals surface area contributed by atoms with Gasteiger partial charge in [0.25, 0.3) is 0 Å². The molecule has 0 aliphatic heterocycles. The Morgan fingerprint density at radius 2 is 1.86 bits per heavy atom. The van der Waals surface area contributed by atoms with Crippen LogP contribution in [0.15, 0.2) is 48.5 Å². The molecule has 1 atom stereocenters. The molecule has 28 heavy (non-hydrogen) atoms. The van der Waals surface area contributed by atoms with E-state index in [-0.39, 0.29) is 30.6 Å². The fraction of sp³-hybridized carbons (Fsp3) is 0.364. The number of carbonyl (C=O) groups excluding carboxylic acids is 2. The summed E-state index contributed by atoms with van der Waals surface area (Å²) in [6.45, 7) is 4.61. The van der Waals surface area contributed by atoms with Gasteiger partial charge in [-0.25, -0.2) is 4.39 Å². The third-order valence-electron chi connectivity index (χ3n) is 4.51. The number of halogens is 2. The van der Waals surface area contributed by atoms with Gasteiger partial charge in [-0.1, -0.05) is 49.2 Å². The lowest BCUT2D eigenvalue weighted by atomic mass is 10.1. The van der Waals surface area contributed by atoms with Gasteiger partial charge in [-0.15, -0.1) is 0 Å². The van der Waals surface area contributed by atoms with Gasteiger partial charge in [0, 0.05) is 18.1 Å². The van der Waals surface area contributed by atoms with Crippen LogP contribution in [0, 0.1) is 5.82 Å². The van der Waals surface area contributed by atoms with Crippen LogP contribution in [0.25, 0.3) is 0 Å². The van der Waals surface area contributed by atoms with E-state index in [0.29, 0.717) is 17.1 Å². The molecule has 0 bridgehead atoms. The number of rotatable bonds is 9. The molecule has 0 spiro atoms. The molecule has 2 rings (SSSR count). The summed E-state index contributed by atoms with van der Waals surface area (Å²) >= 11 is 6.06. The lowest BCUT2D eigenvalue weighted by Crippen LogP contribution is -2.48. The number of hydrogen-bond donors (Lipinski definition) is 1. The van der Waals surface area contributed by atoms with Crippen LogP contribution in [-0.2, 0) is 22.6 Å². The first-order chi connectivity index (χ1) is 13.4. The number of nitrogens with one attached hydrogen (secondary N) is 1. The fourth-order valence-corrected chi connectivity index (χ4v) is 3.04. The molecule has 0 heterocycles. The number of carbonyl (C=O) groups is 2. The third-order valence-corrected chi connectivity index (χ3v) is 4.74. The quantitative estimate of drug-likeness (QED) is 0.631. The van der Waals surface area contributed by atoms with E-state index in [1.54, 1.807) is 31.2 Å². The molecule has 1 N–H and O–H groups in total. The maximum Gasteiger partial charge on any atom is 0.242 e. The van der Waals surface area contributed by atoms with Crippen LogP contribution in [0.1, 0.15) is 37.8 Å². The Morgan fingerprint density at radius 3 is 2.50 bits per heavy atom. The summed E-state index contributed by atoms with van der Waals surface area (Å²) in [5.74, 6) is -0.747. The predicted octanol–water partition coefficient (Wildman–Crippen LogP) is 4.36. The van der Waals surface area contributed by atoms with Crippen LogP contribution >= 0.6 is 11.6 Å². The van der Waals surface area contributed by atoms with E-state index in [2.05, 4.69) is 5.32 Å². The van der Waals surface area contributed by atoms with Crippen LogP contribution in [0.4, 0.5) is 4.39 Å². The van der Waals surface area contributed by atoms with Gasteiger partial charge in [-0.2, -0.15) is 0 Å². The van der Waals surface area contributed by atoms with E-state index in [1.807, 2.05) is 19.1 Å². The van der Waals surface area contributed by atoms with E-state index in [1.165, 1.54) is 17.0 Å². The Balaban J connectivity index is 2.17. The number of amides is 2. The van der Waals surface area contributed by atoms with Gasteiger partial charge in [0.2, 0.25) is 11.8 Å². The Kier molecular flexibility index (Phi) is 8.45. The Hall–Kier alpha value is -2.40. The van der Waals surface area contributed by atoms with Crippen molar-refractivity contribution >= 4 is 23.4 Å². The number of hydrogen-bond acceptors (Lipinski definition) is 2. The number of unbranched alkanes of at least 4 members (excludes halogenated alkanes) is 1.